The normalized spacial score (nSPS) is 10.8. The van der Waals surface area contributed by atoms with Crippen LogP contribution < -0.4 is 5.43 Å². The summed E-state index contributed by atoms with van der Waals surface area (Å²) in [6, 6.07) is 15.8. The van der Waals surface area contributed by atoms with Crippen molar-refractivity contribution in [3.05, 3.63) is 77.6 Å². The summed E-state index contributed by atoms with van der Waals surface area (Å²) in [5, 5.41) is 22.3. The number of hydrogen-bond acceptors (Lipinski definition) is 5. The summed E-state index contributed by atoms with van der Waals surface area (Å²) in [4.78, 5) is 22.8. The first kappa shape index (κ1) is 17.0. The number of nitrogens with one attached hydrogen (secondary N) is 1. The number of nitrogens with zero attached hydrogens (tertiary/aromatic N) is 1. The van der Waals surface area contributed by atoms with E-state index in [2.05, 4.69) is 10.5 Å². The van der Waals surface area contributed by atoms with E-state index in [9.17, 15) is 14.7 Å². The Morgan fingerprint density at radius 3 is 2.42 bits per heavy atom. The smallest absolute Gasteiger partial charge is 0.335 e. The van der Waals surface area contributed by atoms with Crippen LogP contribution in [0.2, 0.25) is 0 Å². The van der Waals surface area contributed by atoms with Crippen LogP contribution in [0.3, 0.4) is 0 Å². The molecule has 1 amide bonds. The molecule has 26 heavy (non-hydrogen) atoms. The minimum Gasteiger partial charge on any atom is -0.507 e. The van der Waals surface area contributed by atoms with E-state index < -0.39 is 11.9 Å². The third-order valence-electron chi connectivity index (χ3n) is 3.55. The maximum Gasteiger partial charge on any atom is 0.335 e. The molecule has 1 aromatic heterocycles. The molecule has 2 aromatic carbocycles. The maximum atomic E-state index is 11.9. The highest BCUT2D eigenvalue weighted by molar-refractivity contribution is 5.97. The number of aromatic hydroxyl groups is 1. The van der Waals surface area contributed by atoms with E-state index in [-0.39, 0.29) is 16.9 Å². The number of carbonyl (C=O) groups is 2. The van der Waals surface area contributed by atoms with Crippen LogP contribution in [-0.2, 0) is 0 Å². The summed E-state index contributed by atoms with van der Waals surface area (Å²) in [7, 11) is 0. The molecule has 3 aromatic rings. The van der Waals surface area contributed by atoms with Gasteiger partial charge in [0.2, 0.25) is 0 Å². The average Bonchev–Trinajstić information content (AvgIpc) is 3.11. The number of benzene rings is 2. The number of carbonyl (C=O) groups excluding carboxylic acids is 1. The number of rotatable bonds is 5. The van der Waals surface area contributed by atoms with Gasteiger partial charge in [0.15, 0.2) is 0 Å². The molecule has 3 rings (SSSR count). The van der Waals surface area contributed by atoms with Gasteiger partial charge >= 0.3 is 5.97 Å². The Hall–Kier alpha value is -3.87. The lowest BCUT2D eigenvalue weighted by Crippen LogP contribution is -2.17. The Labute approximate surface area is 148 Å². The first-order chi connectivity index (χ1) is 12.5. The first-order valence-corrected chi connectivity index (χ1v) is 7.59. The Morgan fingerprint density at radius 2 is 1.73 bits per heavy atom. The van der Waals surface area contributed by atoms with Gasteiger partial charge in [-0.2, -0.15) is 5.10 Å². The topological polar surface area (TPSA) is 112 Å². The second-order valence-corrected chi connectivity index (χ2v) is 5.30. The van der Waals surface area contributed by atoms with Crippen LogP contribution in [0.5, 0.6) is 5.75 Å². The van der Waals surface area contributed by atoms with Crippen LogP contribution in [-0.4, -0.2) is 28.3 Å². The molecule has 0 aliphatic heterocycles. The lowest BCUT2D eigenvalue weighted by Gasteiger charge is -2.01. The van der Waals surface area contributed by atoms with E-state index >= 15 is 0 Å². The van der Waals surface area contributed by atoms with E-state index in [1.54, 1.807) is 36.4 Å². The highest BCUT2D eigenvalue weighted by Crippen LogP contribution is 2.22. The Balaban J connectivity index is 1.66. The lowest BCUT2D eigenvalue weighted by molar-refractivity contribution is 0.0696. The fourth-order valence-corrected chi connectivity index (χ4v) is 2.23. The van der Waals surface area contributed by atoms with Gasteiger partial charge in [0.25, 0.3) is 5.91 Å². The monoisotopic (exact) mass is 350 g/mol. The minimum atomic E-state index is -0.996. The van der Waals surface area contributed by atoms with E-state index in [0.717, 1.165) is 0 Å². The van der Waals surface area contributed by atoms with Crippen molar-refractivity contribution in [3.8, 4) is 17.1 Å². The van der Waals surface area contributed by atoms with Crippen molar-refractivity contribution in [1.82, 2.24) is 5.43 Å². The summed E-state index contributed by atoms with van der Waals surface area (Å²) in [6.07, 6.45) is 1.33. The SMILES string of the molecule is O=C(O)c1ccc(-c2ccc(/C=N/NC(=O)c3ccccc3O)o2)cc1. The van der Waals surface area contributed by atoms with Crippen molar-refractivity contribution in [2.75, 3.05) is 0 Å². The first-order valence-electron chi connectivity index (χ1n) is 7.59. The van der Waals surface area contributed by atoms with Gasteiger partial charge in [-0.3, -0.25) is 4.79 Å². The Bertz CT molecular complexity index is 974. The largest absolute Gasteiger partial charge is 0.507 e. The van der Waals surface area contributed by atoms with Gasteiger partial charge in [-0.05, 0) is 36.4 Å². The van der Waals surface area contributed by atoms with Gasteiger partial charge in [-0.15, -0.1) is 0 Å². The molecular weight excluding hydrogens is 336 g/mol. The zero-order valence-electron chi connectivity index (χ0n) is 13.4. The number of para-hydroxylation sites is 1. The number of carboxylic acid groups (broad SMARTS) is 1. The third-order valence-corrected chi connectivity index (χ3v) is 3.55. The van der Waals surface area contributed by atoms with Crippen LogP contribution in [0.25, 0.3) is 11.3 Å². The van der Waals surface area contributed by atoms with E-state index in [4.69, 9.17) is 9.52 Å². The highest BCUT2D eigenvalue weighted by atomic mass is 16.4. The molecule has 1 heterocycles. The van der Waals surface area contributed by atoms with Crippen LogP contribution in [0.1, 0.15) is 26.5 Å². The number of hydrogen-bond donors (Lipinski definition) is 3. The summed E-state index contributed by atoms with van der Waals surface area (Å²) >= 11 is 0. The lowest BCUT2D eigenvalue weighted by atomic mass is 10.1. The van der Waals surface area contributed by atoms with Gasteiger partial charge < -0.3 is 14.6 Å². The summed E-state index contributed by atoms with van der Waals surface area (Å²) in [5.74, 6) is -0.736. The summed E-state index contributed by atoms with van der Waals surface area (Å²) < 4.78 is 5.58. The predicted octanol–water partition coefficient (Wildman–Crippen LogP) is 3.11. The molecular formula is C19H14N2O5. The predicted molar refractivity (Wildman–Crippen MR) is 94.3 cm³/mol. The quantitative estimate of drug-likeness (QED) is 0.483. The van der Waals surface area contributed by atoms with Crippen molar-refractivity contribution in [1.29, 1.82) is 0 Å². The number of carboxylic acids is 1. The standard InChI is InChI=1S/C19H14N2O5/c22-16-4-2-1-3-15(16)18(23)21-20-11-14-9-10-17(26-14)12-5-7-13(8-6-12)19(24)25/h1-11,22H,(H,21,23)(H,24,25)/b20-11+. The third kappa shape index (κ3) is 3.78. The molecule has 0 bridgehead atoms. The Morgan fingerprint density at radius 1 is 1.00 bits per heavy atom. The van der Waals surface area contributed by atoms with Crippen molar-refractivity contribution < 1.29 is 24.2 Å². The fraction of sp³-hybridized carbons (Fsp3) is 0. The summed E-state index contributed by atoms with van der Waals surface area (Å²) in [5.41, 5.74) is 3.32. The number of phenolic OH excluding ortho intramolecular Hbond substituents is 1. The molecule has 0 fully saturated rings. The maximum absolute atomic E-state index is 11.9. The molecule has 7 nitrogen and oxygen atoms in total. The molecule has 0 atom stereocenters. The van der Waals surface area contributed by atoms with Gasteiger partial charge in [0.1, 0.15) is 17.3 Å². The van der Waals surface area contributed by atoms with Crippen LogP contribution in [0.15, 0.2) is 70.2 Å². The average molecular weight is 350 g/mol. The Kier molecular flexibility index (Phi) is 4.80. The molecule has 3 N–H and O–H groups in total. The molecule has 0 saturated heterocycles. The van der Waals surface area contributed by atoms with Gasteiger partial charge in [-0.25, -0.2) is 10.2 Å². The molecule has 130 valence electrons. The van der Waals surface area contributed by atoms with Crippen LogP contribution in [0.4, 0.5) is 0 Å². The minimum absolute atomic E-state index is 0.114. The van der Waals surface area contributed by atoms with Crippen molar-refractivity contribution in [3.63, 3.8) is 0 Å². The highest BCUT2D eigenvalue weighted by Gasteiger charge is 2.09. The molecule has 0 radical (unpaired) electrons. The van der Waals surface area contributed by atoms with Gasteiger partial charge in [-0.1, -0.05) is 24.3 Å². The molecule has 0 aliphatic rings. The van der Waals surface area contributed by atoms with E-state index in [1.807, 2.05) is 0 Å². The molecule has 0 spiro atoms. The van der Waals surface area contributed by atoms with Crippen molar-refractivity contribution >= 4 is 18.1 Å². The molecule has 0 saturated carbocycles. The molecule has 0 aliphatic carbocycles. The van der Waals surface area contributed by atoms with E-state index in [1.165, 1.54) is 30.5 Å². The van der Waals surface area contributed by atoms with Crippen LogP contribution >= 0.6 is 0 Å². The number of aromatic carboxylic acids is 1. The van der Waals surface area contributed by atoms with Crippen molar-refractivity contribution in [2.45, 2.75) is 0 Å². The number of furan rings is 1. The second kappa shape index (κ2) is 7.35. The van der Waals surface area contributed by atoms with Crippen molar-refractivity contribution in [2.24, 2.45) is 5.10 Å². The van der Waals surface area contributed by atoms with Gasteiger partial charge in [0, 0.05) is 5.56 Å². The molecule has 0 unspecified atom stereocenters. The number of amides is 1. The van der Waals surface area contributed by atoms with Gasteiger partial charge in [0.05, 0.1) is 17.3 Å². The zero-order valence-corrected chi connectivity index (χ0v) is 13.4. The number of phenols is 1. The summed E-state index contributed by atoms with van der Waals surface area (Å²) in [6.45, 7) is 0. The zero-order chi connectivity index (χ0) is 18.5. The fourth-order valence-electron chi connectivity index (χ4n) is 2.23. The second-order valence-electron chi connectivity index (χ2n) is 5.30. The van der Waals surface area contributed by atoms with E-state index in [0.29, 0.717) is 17.1 Å². The van der Waals surface area contributed by atoms with Crippen LogP contribution in [0, 0.1) is 0 Å². The molecule has 7 heteroatoms. The number of hydrazone groups is 1.